The van der Waals surface area contributed by atoms with Crippen molar-refractivity contribution in [1.82, 2.24) is 0 Å². The van der Waals surface area contributed by atoms with E-state index in [0.717, 1.165) is 31.1 Å². The Morgan fingerprint density at radius 3 is 2.11 bits per heavy atom. The molecule has 0 radical (unpaired) electrons. The topological polar surface area (TPSA) is 35.5 Å². The Labute approximate surface area is 213 Å². The minimum atomic E-state index is -0.334. The molecule has 0 spiro atoms. The molecule has 1 fully saturated rings. The Balaban J connectivity index is 1.36. The fourth-order valence-corrected chi connectivity index (χ4v) is 5.03. The van der Waals surface area contributed by atoms with Crippen molar-refractivity contribution in [3.05, 3.63) is 59.7 Å². The summed E-state index contributed by atoms with van der Waals surface area (Å²) in [6.45, 7) is 7.51. The smallest absolute Gasteiger partial charge is 0.343 e. The Morgan fingerprint density at radius 2 is 1.46 bits per heavy atom. The Bertz CT molecular complexity index is 847. The first kappa shape index (κ1) is 27.3. The van der Waals surface area contributed by atoms with Crippen molar-refractivity contribution in [2.24, 2.45) is 17.8 Å². The second kappa shape index (κ2) is 15.0. The van der Waals surface area contributed by atoms with Crippen molar-refractivity contribution in [3.8, 4) is 11.5 Å². The van der Waals surface area contributed by atoms with Gasteiger partial charge in [-0.2, -0.15) is 0 Å². The van der Waals surface area contributed by atoms with Crippen LogP contribution < -0.4 is 9.47 Å². The van der Waals surface area contributed by atoms with Crippen LogP contribution in [0.4, 0.5) is 0 Å². The van der Waals surface area contributed by atoms with Gasteiger partial charge in [0.15, 0.2) is 0 Å². The molecule has 3 nitrogen and oxygen atoms in total. The first-order valence-corrected chi connectivity index (χ1v) is 14.1. The van der Waals surface area contributed by atoms with Gasteiger partial charge in [0.1, 0.15) is 11.5 Å². The molecule has 1 atom stereocenters. The van der Waals surface area contributed by atoms with Crippen LogP contribution >= 0.6 is 0 Å². The van der Waals surface area contributed by atoms with Gasteiger partial charge in [0, 0.05) is 0 Å². The number of esters is 1. The van der Waals surface area contributed by atoms with Gasteiger partial charge in [0.25, 0.3) is 0 Å². The third kappa shape index (κ3) is 9.70. The molecule has 0 N–H and O–H groups in total. The van der Waals surface area contributed by atoms with Crippen molar-refractivity contribution in [2.75, 3.05) is 6.61 Å². The van der Waals surface area contributed by atoms with Gasteiger partial charge in [-0.3, -0.25) is 0 Å². The molecule has 3 rings (SSSR count). The van der Waals surface area contributed by atoms with Gasteiger partial charge in [0.2, 0.25) is 0 Å². The van der Waals surface area contributed by atoms with Gasteiger partial charge in [-0.05, 0) is 79.0 Å². The lowest BCUT2D eigenvalue weighted by Crippen LogP contribution is -2.20. The highest BCUT2D eigenvalue weighted by Crippen LogP contribution is 2.32. The highest BCUT2D eigenvalue weighted by Gasteiger charge is 2.21. The quantitative estimate of drug-likeness (QED) is 0.154. The van der Waals surface area contributed by atoms with Crippen molar-refractivity contribution < 1.29 is 14.3 Å². The summed E-state index contributed by atoms with van der Waals surface area (Å²) in [6.07, 6.45) is 15.8. The van der Waals surface area contributed by atoms with Crippen LogP contribution in [0.2, 0.25) is 0 Å². The van der Waals surface area contributed by atoms with Crippen molar-refractivity contribution in [2.45, 2.75) is 97.8 Å². The molecular formula is C32H46O3. The molecule has 35 heavy (non-hydrogen) atoms. The maximum absolute atomic E-state index is 12.5. The minimum absolute atomic E-state index is 0.334. The third-order valence-electron chi connectivity index (χ3n) is 7.67. The normalized spacial score (nSPS) is 18.7. The molecule has 0 saturated heterocycles. The highest BCUT2D eigenvalue weighted by molar-refractivity contribution is 5.91. The van der Waals surface area contributed by atoms with E-state index in [1.54, 1.807) is 12.1 Å². The Morgan fingerprint density at radius 1 is 0.829 bits per heavy atom. The summed E-state index contributed by atoms with van der Waals surface area (Å²) >= 11 is 0. The van der Waals surface area contributed by atoms with E-state index in [9.17, 15) is 4.79 Å². The zero-order chi connectivity index (χ0) is 24.9. The summed E-state index contributed by atoms with van der Waals surface area (Å²) in [6, 6.07) is 15.2. The summed E-state index contributed by atoms with van der Waals surface area (Å²) < 4.78 is 11.6. The molecule has 1 aliphatic rings. The number of ether oxygens (including phenoxy) is 2. The average Bonchev–Trinajstić information content (AvgIpc) is 2.89. The van der Waals surface area contributed by atoms with Crippen LogP contribution in [0.5, 0.6) is 11.5 Å². The molecule has 3 heteroatoms. The summed E-state index contributed by atoms with van der Waals surface area (Å²) in [7, 11) is 0. The predicted octanol–water partition coefficient (Wildman–Crippen LogP) is 9.04. The molecule has 1 saturated carbocycles. The van der Waals surface area contributed by atoms with Crippen LogP contribution in [-0.4, -0.2) is 12.6 Å². The van der Waals surface area contributed by atoms with E-state index < -0.39 is 0 Å². The van der Waals surface area contributed by atoms with Crippen molar-refractivity contribution in [1.29, 1.82) is 0 Å². The molecule has 0 aromatic heterocycles. The van der Waals surface area contributed by atoms with Crippen LogP contribution in [0.3, 0.4) is 0 Å². The molecule has 0 heterocycles. The standard InChI is InChI=1S/C32H46O3/c1-4-6-7-8-9-10-26-11-13-28(14-12-26)24-34-30-21-17-29(18-22-30)32(33)35-31-19-15-27(16-20-31)23-25(3)5-2/h15-22,25-26,28H,4-14,23-24H2,1-3H3. The van der Waals surface area contributed by atoms with Crippen LogP contribution in [0.25, 0.3) is 0 Å². The first-order chi connectivity index (χ1) is 17.1. The molecular weight excluding hydrogens is 432 g/mol. The summed E-state index contributed by atoms with van der Waals surface area (Å²) in [4.78, 5) is 12.5. The molecule has 0 aliphatic heterocycles. The molecule has 0 bridgehead atoms. The van der Waals surface area contributed by atoms with Crippen LogP contribution in [0, 0.1) is 17.8 Å². The maximum atomic E-state index is 12.5. The SMILES string of the molecule is CCCCCCCC1CCC(COc2ccc(C(=O)Oc3ccc(CC(C)CC)cc3)cc2)CC1. The zero-order valence-electron chi connectivity index (χ0n) is 22.3. The summed E-state index contributed by atoms with van der Waals surface area (Å²) in [5.74, 6) is 3.31. The molecule has 2 aromatic carbocycles. The molecule has 0 amide bonds. The number of hydrogen-bond acceptors (Lipinski definition) is 3. The van der Waals surface area contributed by atoms with Crippen LogP contribution in [0.15, 0.2) is 48.5 Å². The summed E-state index contributed by atoms with van der Waals surface area (Å²) in [5.41, 5.74) is 1.82. The Hall–Kier alpha value is -2.29. The number of hydrogen-bond donors (Lipinski definition) is 0. The molecule has 192 valence electrons. The zero-order valence-corrected chi connectivity index (χ0v) is 22.3. The minimum Gasteiger partial charge on any atom is -0.493 e. The van der Waals surface area contributed by atoms with Gasteiger partial charge < -0.3 is 9.47 Å². The fourth-order valence-electron chi connectivity index (χ4n) is 5.03. The monoisotopic (exact) mass is 478 g/mol. The second-order valence-electron chi connectivity index (χ2n) is 10.7. The number of rotatable bonds is 14. The van der Waals surface area contributed by atoms with Crippen LogP contribution in [0.1, 0.15) is 107 Å². The molecule has 2 aromatic rings. The van der Waals surface area contributed by atoms with Gasteiger partial charge in [-0.25, -0.2) is 4.79 Å². The number of unbranched alkanes of at least 4 members (excludes halogenated alkanes) is 4. The lowest BCUT2D eigenvalue weighted by molar-refractivity contribution is 0.0734. The molecule has 1 aliphatic carbocycles. The number of carbonyl (C=O) groups is 1. The van der Waals surface area contributed by atoms with E-state index in [2.05, 4.69) is 20.8 Å². The van der Waals surface area contributed by atoms with E-state index in [4.69, 9.17) is 9.47 Å². The van der Waals surface area contributed by atoms with Crippen LogP contribution in [-0.2, 0) is 6.42 Å². The first-order valence-electron chi connectivity index (χ1n) is 14.1. The number of carbonyl (C=O) groups excluding carboxylic acids is 1. The van der Waals surface area contributed by atoms with Gasteiger partial charge in [0.05, 0.1) is 12.2 Å². The van der Waals surface area contributed by atoms with Gasteiger partial charge in [-0.15, -0.1) is 0 Å². The summed E-state index contributed by atoms with van der Waals surface area (Å²) in [5, 5.41) is 0. The van der Waals surface area contributed by atoms with E-state index in [-0.39, 0.29) is 5.97 Å². The Kier molecular flexibility index (Phi) is 11.7. The van der Waals surface area contributed by atoms with E-state index in [1.165, 1.54) is 69.8 Å². The fraction of sp³-hybridized carbons (Fsp3) is 0.594. The van der Waals surface area contributed by atoms with Gasteiger partial charge in [-0.1, -0.05) is 90.7 Å². The van der Waals surface area contributed by atoms with E-state index in [0.29, 0.717) is 23.1 Å². The lowest BCUT2D eigenvalue weighted by atomic mass is 9.80. The van der Waals surface area contributed by atoms with E-state index >= 15 is 0 Å². The maximum Gasteiger partial charge on any atom is 0.343 e. The largest absolute Gasteiger partial charge is 0.493 e. The number of benzene rings is 2. The molecule has 1 unspecified atom stereocenters. The predicted molar refractivity (Wildman–Crippen MR) is 145 cm³/mol. The van der Waals surface area contributed by atoms with Crippen molar-refractivity contribution in [3.63, 3.8) is 0 Å². The van der Waals surface area contributed by atoms with E-state index in [1.807, 2.05) is 36.4 Å². The third-order valence-corrected chi connectivity index (χ3v) is 7.67. The average molecular weight is 479 g/mol. The lowest BCUT2D eigenvalue weighted by Gasteiger charge is -2.28. The van der Waals surface area contributed by atoms with Gasteiger partial charge >= 0.3 is 5.97 Å². The van der Waals surface area contributed by atoms with Crippen molar-refractivity contribution >= 4 is 5.97 Å². The second-order valence-corrected chi connectivity index (χ2v) is 10.7. The highest BCUT2D eigenvalue weighted by atomic mass is 16.5.